The van der Waals surface area contributed by atoms with Gasteiger partial charge in [0.2, 0.25) is 5.91 Å². The smallest absolute Gasteiger partial charge is 0.319 e. The van der Waals surface area contributed by atoms with Crippen molar-refractivity contribution < 1.29 is 14.5 Å². The highest BCUT2D eigenvalue weighted by atomic mass is 35.5. The normalized spacial score (nSPS) is 13.5. The van der Waals surface area contributed by atoms with Gasteiger partial charge in [0.05, 0.1) is 17.4 Å². The van der Waals surface area contributed by atoms with Gasteiger partial charge in [-0.15, -0.1) is 0 Å². The average molecular weight is 375 g/mol. The first-order valence-corrected chi connectivity index (χ1v) is 8.15. The zero-order chi connectivity index (χ0) is 18.8. The van der Waals surface area contributed by atoms with Crippen LogP contribution in [0, 0.1) is 10.1 Å². The summed E-state index contributed by atoms with van der Waals surface area (Å²) < 4.78 is 0. The Morgan fingerprint density at radius 1 is 1.31 bits per heavy atom. The summed E-state index contributed by atoms with van der Waals surface area (Å²) in [6, 6.07) is 8.68. The summed E-state index contributed by atoms with van der Waals surface area (Å²) in [4.78, 5) is 33.9. The van der Waals surface area contributed by atoms with Crippen LogP contribution in [0.1, 0.15) is 24.1 Å². The van der Waals surface area contributed by atoms with Crippen LogP contribution >= 0.6 is 11.6 Å². The molecule has 2 aromatic carbocycles. The van der Waals surface area contributed by atoms with Crippen molar-refractivity contribution in [2.45, 2.75) is 19.4 Å². The second-order valence-electron chi connectivity index (χ2n) is 5.88. The summed E-state index contributed by atoms with van der Waals surface area (Å²) in [5.41, 5.74) is 2.49. The van der Waals surface area contributed by atoms with Crippen LogP contribution in [-0.2, 0) is 11.2 Å². The first-order chi connectivity index (χ1) is 12.3. The number of hydrogen-bond donors (Lipinski definition) is 3. The van der Waals surface area contributed by atoms with Crippen molar-refractivity contribution in [3.05, 3.63) is 62.7 Å². The van der Waals surface area contributed by atoms with E-state index in [0.29, 0.717) is 6.42 Å². The lowest BCUT2D eigenvalue weighted by Gasteiger charge is -2.16. The van der Waals surface area contributed by atoms with E-state index in [-0.39, 0.29) is 28.3 Å². The van der Waals surface area contributed by atoms with Gasteiger partial charge in [-0.25, -0.2) is 4.79 Å². The predicted octanol–water partition coefficient (Wildman–Crippen LogP) is 3.63. The van der Waals surface area contributed by atoms with Crippen molar-refractivity contribution >= 4 is 40.6 Å². The molecule has 0 radical (unpaired) electrons. The van der Waals surface area contributed by atoms with Crippen LogP contribution < -0.4 is 16.0 Å². The summed E-state index contributed by atoms with van der Waals surface area (Å²) in [6.07, 6.45) is 0.316. The molecule has 0 aliphatic carbocycles. The molecule has 9 heteroatoms. The topological polar surface area (TPSA) is 113 Å². The van der Waals surface area contributed by atoms with Crippen LogP contribution in [0.15, 0.2) is 36.4 Å². The van der Waals surface area contributed by atoms with Gasteiger partial charge in [0.15, 0.2) is 0 Å². The molecule has 0 saturated heterocycles. The first kappa shape index (κ1) is 17.7. The molecule has 8 nitrogen and oxygen atoms in total. The average Bonchev–Trinajstić information content (AvgIpc) is 2.95. The third kappa shape index (κ3) is 3.75. The van der Waals surface area contributed by atoms with E-state index in [2.05, 4.69) is 16.0 Å². The fourth-order valence-electron chi connectivity index (χ4n) is 2.70. The van der Waals surface area contributed by atoms with Gasteiger partial charge in [-0.3, -0.25) is 14.9 Å². The van der Waals surface area contributed by atoms with E-state index in [1.807, 2.05) is 12.1 Å². The maximum atomic E-state index is 12.2. The number of fused-ring (bicyclic) bond motifs is 1. The zero-order valence-corrected chi connectivity index (χ0v) is 14.5. The highest BCUT2D eigenvalue weighted by Gasteiger charge is 2.20. The lowest BCUT2D eigenvalue weighted by molar-refractivity contribution is -0.384. The van der Waals surface area contributed by atoms with Gasteiger partial charge < -0.3 is 16.0 Å². The lowest BCUT2D eigenvalue weighted by Crippen LogP contribution is -2.31. The summed E-state index contributed by atoms with van der Waals surface area (Å²) in [7, 11) is 0. The lowest BCUT2D eigenvalue weighted by atomic mass is 10.0. The van der Waals surface area contributed by atoms with Crippen LogP contribution in [0.4, 0.5) is 21.9 Å². The highest BCUT2D eigenvalue weighted by molar-refractivity contribution is 6.32. The number of carbonyl (C=O) groups excluding carboxylic acids is 2. The van der Waals surface area contributed by atoms with Crippen molar-refractivity contribution in [2.75, 3.05) is 10.6 Å². The molecule has 0 saturated carbocycles. The first-order valence-electron chi connectivity index (χ1n) is 7.77. The Morgan fingerprint density at radius 3 is 2.81 bits per heavy atom. The van der Waals surface area contributed by atoms with E-state index in [4.69, 9.17) is 11.6 Å². The Morgan fingerprint density at radius 2 is 2.08 bits per heavy atom. The largest absolute Gasteiger partial charge is 0.331 e. The fraction of sp³-hybridized carbons (Fsp3) is 0.176. The third-order valence-electron chi connectivity index (χ3n) is 4.00. The summed E-state index contributed by atoms with van der Waals surface area (Å²) in [5.74, 6) is -0.0557. The summed E-state index contributed by atoms with van der Waals surface area (Å²) in [5, 5.41) is 18.9. The Hall–Kier alpha value is -3.13. The van der Waals surface area contributed by atoms with Gasteiger partial charge in [0, 0.05) is 17.4 Å². The second-order valence-corrected chi connectivity index (χ2v) is 6.29. The molecule has 2 aromatic rings. The van der Waals surface area contributed by atoms with Gasteiger partial charge in [0.25, 0.3) is 5.69 Å². The molecule has 0 fully saturated rings. The molecule has 0 aromatic heterocycles. The van der Waals surface area contributed by atoms with E-state index in [0.717, 1.165) is 16.8 Å². The maximum absolute atomic E-state index is 12.2. The van der Waals surface area contributed by atoms with E-state index in [9.17, 15) is 19.7 Å². The molecule has 0 spiro atoms. The molecular formula is C17H15ClN4O4. The second kappa shape index (κ2) is 7.01. The van der Waals surface area contributed by atoms with Crippen molar-refractivity contribution in [1.82, 2.24) is 5.32 Å². The molecule has 1 aliphatic rings. The molecule has 134 valence electrons. The molecule has 26 heavy (non-hydrogen) atoms. The van der Waals surface area contributed by atoms with Crippen LogP contribution in [0.3, 0.4) is 0 Å². The fourth-order valence-corrected chi connectivity index (χ4v) is 2.88. The number of nitro groups is 1. The van der Waals surface area contributed by atoms with Gasteiger partial charge >= 0.3 is 6.03 Å². The summed E-state index contributed by atoms with van der Waals surface area (Å²) in [6.45, 7) is 1.80. The molecule has 0 bridgehead atoms. The summed E-state index contributed by atoms with van der Waals surface area (Å²) >= 11 is 5.75. The van der Waals surface area contributed by atoms with E-state index in [1.165, 1.54) is 18.2 Å². The number of rotatable bonds is 4. The van der Waals surface area contributed by atoms with Gasteiger partial charge in [-0.1, -0.05) is 23.7 Å². The number of nitrogens with zero attached hydrogens (tertiary/aromatic N) is 1. The van der Waals surface area contributed by atoms with Crippen molar-refractivity contribution in [2.24, 2.45) is 0 Å². The van der Waals surface area contributed by atoms with Crippen LogP contribution in [0.2, 0.25) is 5.02 Å². The number of nitro benzene ring substituents is 1. The minimum atomic E-state index is -0.617. The molecule has 3 rings (SSSR count). The van der Waals surface area contributed by atoms with Crippen molar-refractivity contribution in [3.63, 3.8) is 0 Å². The molecule has 3 N–H and O–H groups in total. The number of halogens is 1. The monoisotopic (exact) mass is 374 g/mol. The predicted molar refractivity (Wildman–Crippen MR) is 97.5 cm³/mol. The quantitative estimate of drug-likeness (QED) is 0.560. The van der Waals surface area contributed by atoms with E-state index < -0.39 is 11.0 Å². The van der Waals surface area contributed by atoms with Crippen molar-refractivity contribution in [1.29, 1.82) is 0 Å². The van der Waals surface area contributed by atoms with Gasteiger partial charge in [-0.05, 0) is 36.2 Å². The highest BCUT2D eigenvalue weighted by Crippen LogP contribution is 2.28. The molecule has 1 aliphatic heterocycles. The number of urea groups is 1. The molecule has 0 unspecified atom stereocenters. The minimum absolute atomic E-state index is 0.00405. The number of amides is 3. The number of nitrogens with one attached hydrogen (secondary N) is 3. The van der Waals surface area contributed by atoms with E-state index in [1.54, 1.807) is 13.0 Å². The van der Waals surface area contributed by atoms with Gasteiger partial charge in [-0.2, -0.15) is 0 Å². The molecule has 1 atom stereocenters. The molecular weight excluding hydrogens is 360 g/mol. The number of anilines is 2. The van der Waals surface area contributed by atoms with Crippen molar-refractivity contribution in [3.8, 4) is 0 Å². The maximum Gasteiger partial charge on any atom is 0.319 e. The number of benzene rings is 2. The standard InChI is InChI=1S/C17H15ClN4O4/c1-9(10-2-5-14-11(6-10)7-16(23)21-14)19-17(24)20-12-3-4-13(18)15(8-12)22(25)26/h2-6,8-9H,7H2,1H3,(H,21,23)(H2,19,20,24)/t9-/m0/s1. The third-order valence-corrected chi connectivity index (χ3v) is 4.32. The SMILES string of the molecule is C[C@H](NC(=O)Nc1ccc(Cl)c([N+](=O)[O-])c1)c1ccc2c(c1)CC(=O)N2. The number of hydrogen-bond acceptors (Lipinski definition) is 4. The Balaban J connectivity index is 1.67. The van der Waals surface area contributed by atoms with E-state index >= 15 is 0 Å². The van der Waals surface area contributed by atoms with Crippen LogP contribution in [0.25, 0.3) is 0 Å². The van der Waals surface area contributed by atoms with Crippen LogP contribution in [-0.4, -0.2) is 16.9 Å². The number of carbonyl (C=O) groups is 2. The Kier molecular flexibility index (Phi) is 4.77. The zero-order valence-electron chi connectivity index (χ0n) is 13.7. The Bertz CT molecular complexity index is 916. The van der Waals surface area contributed by atoms with Gasteiger partial charge in [0.1, 0.15) is 5.02 Å². The Labute approximate surface area is 153 Å². The van der Waals surface area contributed by atoms with Crippen LogP contribution in [0.5, 0.6) is 0 Å². The molecule has 3 amide bonds. The molecule has 1 heterocycles. The minimum Gasteiger partial charge on any atom is -0.331 e.